The highest BCUT2D eigenvalue weighted by molar-refractivity contribution is 6.30. The normalized spacial score (nSPS) is 11.4. The van der Waals surface area contributed by atoms with Crippen LogP contribution in [-0.4, -0.2) is 22.9 Å². The highest BCUT2D eigenvalue weighted by Gasteiger charge is 2.20. The standard InChI is InChI=1S/C21H17ClN2O7/c1-13(20(25)23-12-17-3-2-10-29-17)30-21(26)14-4-7-16(8-5-14)31-19-9-6-15(22)11-18(19)24(27)28/h2-11,13H,12H2,1H3,(H,23,25). The first kappa shape index (κ1) is 21.8. The van der Waals surface area contributed by atoms with Crippen molar-refractivity contribution in [1.82, 2.24) is 5.32 Å². The van der Waals surface area contributed by atoms with E-state index in [0.29, 0.717) is 5.76 Å². The summed E-state index contributed by atoms with van der Waals surface area (Å²) in [5, 5.41) is 14.0. The van der Waals surface area contributed by atoms with Gasteiger partial charge in [0, 0.05) is 11.1 Å². The van der Waals surface area contributed by atoms with Crippen LogP contribution in [0.25, 0.3) is 0 Å². The Morgan fingerprint density at radius 2 is 1.94 bits per heavy atom. The van der Waals surface area contributed by atoms with Gasteiger partial charge in [-0.15, -0.1) is 0 Å². The van der Waals surface area contributed by atoms with Crippen molar-refractivity contribution >= 4 is 29.2 Å². The van der Waals surface area contributed by atoms with Gasteiger partial charge in [0.25, 0.3) is 5.91 Å². The van der Waals surface area contributed by atoms with E-state index in [2.05, 4.69) is 5.32 Å². The average Bonchev–Trinajstić information content (AvgIpc) is 3.27. The molecule has 0 saturated heterocycles. The molecule has 0 radical (unpaired) electrons. The van der Waals surface area contributed by atoms with Crippen molar-refractivity contribution in [1.29, 1.82) is 0 Å². The predicted octanol–water partition coefficient (Wildman–Crippen LogP) is 4.50. The van der Waals surface area contributed by atoms with Gasteiger partial charge in [0.15, 0.2) is 6.10 Å². The minimum Gasteiger partial charge on any atom is -0.467 e. The summed E-state index contributed by atoms with van der Waals surface area (Å²) < 4.78 is 15.8. The summed E-state index contributed by atoms with van der Waals surface area (Å²) in [5.41, 5.74) is -0.103. The van der Waals surface area contributed by atoms with Gasteiger partial charge in [-0.3, -0.25) is 14.9 Å². The first-order valence-electron chi connectivity index (χ1n) is 9.06. The molecular formula is C21H17ClN2O7. The fourth-order valence-corrected chi connectivity index (χ4v) is 2.69. The van der Waals surface area contributed by atoms with Crippen LogP contribution in [0.15, 0.2) is 65.3 Å². The van der Waals surface area contributed by atoms with E-state index in [1.165, 1.54) is 55.7 Å². The minimum absolute atomic E-state index is 0.00609. The van der Waals surface area contributed by atoms with Gasteiger partial charge in [-0.05, 0) is 55.5 Å². The zero-order chi connectivity index (χ0) is 22.4. The average molecular weight is 445 g/mol. The highest BCUT2D eigenvalue weighted by Crippen LogP contribution is 2.33. The van der Waals surface area contributed by atoms with Crippen molar-refractivity contribution in [2.75, 3.05) is 0 Å². The Hall–Kier alpha value is -3.85. The van der Waals surface area contributed by atoms with Crippen LogP contribution in [0.4, 0.5) is 5.69 Å². The number of hydrogen-bond acceptors (Lipinski definition) is 7. The lowest BCUT2D eigenvalue weighted by Crippen LogP contribution is -2.35. The molecule has 3 rings (SSSR count). The number of carbonyl (C=O) groups is 2. The number of nitro benzene ring substituents is 1. The number of halogens is 1. The Kier molecular flexibility index (Phi) is 6.88. The maximum Gasteiger partial charge on any atom is 0.338 e. The van der Waals surface area contributed by atoms with Crippen LogP contribution in [0.2, 0.25) is 5.02 Å². The fourth-order valence-electron chi connectivity index (χ4n) is 2.52. The molecule has 0 aliphatic rings. The van der Waals surface area contributed by atoms with E-state index in [1.54, 1.807) is 12.1 Å². The topological polar surface area (TPSA) is 121 Å². The monoisotopic (exact) mass is 444 g/mol. The van der Waals surface area contributed by atoms with Gasteiger partial charge in [-0.1, -0.05) is 11.6 Å². The molecule has 9 nitrogen and oxygen atoms in total. The number of carbonyl (C=O) groups excluding carboxylic acids is 2. The van der Waals surface area contributed by atoms with Crippen molar-refractivity contribution in [3.05, 3.63) is 87.3 Å². The number of nitrogens with zero attached hydrogens (tertiary/aromatic N) is 1. The van der Waals surface area contributed by atoms with Crippen LogP contribution < -0.4 is 10.1 Å². The summed E-state index contributed by atoms with van der Waals surface area (Å²) in [6, 6.07) is 13.2. The molecule has 0 aliphatic carbocycles. The summed E-state index contributed by atoms with van der Waals surface area (Å²) in [6.45, 7) is 1.63. The number of rotatable bonds is 8. The van der Waals surface area contributed by atoms with Crippen molar-refractivity contribution < 1.29 is 28.4 Å². The Bertz CT molecular complexity index is 1080. The maximum absolute atomic E-state index is 12.3. The summed E-state index contributed by atoms with van der Waals surface area (Å²) in [6.07, 6.45) is 0.471. The van der Waals surface area contributed by atoms with Gasteiger partial charge in [-0.25, -0.2) is 4.79 Å². The van der Waals surface area contributed by atoms with Gasteiger partial charge in [0.05, 0.1) is 23.3 Å². The first-order valence-corrected chi connectivity index (χ1v) is 9.44. The lowest BCUT2D eigenvalue weighted by atomic mass is 10.2. The number of amides is 1. The zero-order valence-electron chi connectivity index (χ0n) is 16.2. The molecule has 1 heterocycles. The van der Waals surface area contributed by atoms with E-state index in [4.69, 9.17) is 25.5 Å². The van der Waals surface area contributed by atoms with E-state index in [-0.39, 0.29) is 34.3 Å². The Morgan fingerprint density at radius 3 is 2.58 bits per heavy atom. The molecule has 0 bridgehead atoms. The lowest BCUT2D eigenvalue weighted by molar-refractivity contribution is -0.385. The van der Waals surface area contributed by atoms with E-state index in [1.807, 2.05) is 0 Å². The third-order valence-electron chi connectivity index (χ3n) is 4.11. The number of nitro groups is 1. The van der Waals surface area contributed by atoms with E-state index in [9.17, 15) is 19.7 Å². The number of ether oxygens (including phenoxy) is 2. The molecule has 0 aliphatic heterocycles. The van der Waals surface area contributed by atoms with Gasteiger partial charge in [0.1, 0.15) is 11.5 Å². The largest absolute Gasteiger partial charge is 0.467 e. The second kappa shape index (κ2) is 9.77. The quantitative estimate of drug-likeness (QED) is 0.308. The Labute approximate surface area is 181 Å². The molecule has 2 aromatic carbocycles. The number of furan rings is 1. The molecule has 1 amide bonds. The number of nitrogens with one attached hydrogen (secondary N) is 1. The summed E-state index contributed by atoms with van der Waals surface area (Å²) >= 11 is 5.78. The summed E-state index contributed by atoms with van der Waals surface area (Å²) in [7, 11) is 0. The van der Waals surface area contributed by atoms with Gasteiger partial charge in [-0.2, -0.15) is 0 Å². The molecule has 0 fully saturated rings. The van der Waals surface area contributed by atoms with Crippen LogP contribution >= 0.6 is 11.6 Å². The molecular weight excluding hydrogens is 428 g/mol. The number of benzene rings is 2. The van der Waals surface area contributed by atoms with Crippen LogP contribution in [0.3, 0.4) is 0 Å². The molecule has 0 saturated carbocycles. The van der Waals surface area contributed by atoms with Crippen molar-refractivity contribution in [3.63, 3.8) is 0 Å². The van der Waals surface area contributed by atoms with Crippen LogP contribution in [-0.2, 0) is 16.1 Å². The fraction of sp³-hybridized carbons (Fsp3) is 0.143. The molecule has 160 valence electrons. The minimum atomic E-state index is -1.02. The van der Waals surface area contributed by atoms with Crippen molar-refractivity contribution in [3.8, 4) is 11.5 Å². The maximum atomic E-state index is 12.3. The summed E-state index contributed by atoms with van der Waals surface area (Å²) in [5.74, 6) is -0.328. The highest BCUT2D eigenvalue weighted by atomic mass is 35.5. The lowest BCUT2D eigenvalue weighted by Gasteiger charge is -2.13. The van der Waals surface area contributed by atoms with E-state index >= 15 is 0 Å². The molecule has 1 unspecified atom stereocenters. The van der Waals surface area contributed by atoms with Gasteiger partial charge >= 0.3 is 11.7 Å². The second-order valence-electron chi connectivity index (χ2n) is 6.34. The molecule has 1 N–H and O–H groups in total. The van der Waals surface area contributed by atoms with E-state index in [0.717, 1.165) is 0 Å². The molecule has 10 heteroatoms. The zero-order valence-corrected chi connectivity index (χ0v) is 17.0. The predicted molar refractivity (Wildman–Crippen MR) is 110 cm³/mol. The third kappa shape index (κ3) is 5.83. The summed E-state index contributed by atoms with van der Waals surface area (Å²) in [4.78, 5) is 34.9. The van der Waals surface area contributed by atoms with Crippen molar-refractivity contribution in [2.24, 2.45) is 0 Å². The molecule has 3 aromatic rings. The second-order valence-corrected chi connectivity index (χ2v) is 6.78. The molecule has 31 heavy (non-hydrogen) atoms. The molecule has 1 aromatic heterocycles. The Morgan fingerprint density at radius 1 is 1.19 bits per heavy atom. The van der Waals surface area contributed by atoms with Crippen LogP contribution in [0.5, 0.6) is 11.5 Å². The van der Waals surface area contributed by atoms with Crippen LogP contribution in [0, 0.1) is 10.1 Å². The molecule has 0 spiro atoms. The van der Waals surface area contributed by atoms with Crippen LogP contribution in [0.1, 0.15) is 23.0 Å². The number of hydrogen-bond donors (Lipinski definition) is 1. The SMILES string of the molecule is CC(OC(=O)c1ccc(Oc2ccc(Cl)cc2[N+](=O)[O-])cc1)C(=O)NCc1ccco1. The third-order valence-corrected chi connectivity index (χ3v) is 4.34. The Balaban J connectivity index is 1.58. The van der Waals surface area contributed by atoms with Gasteiger partial charge in [0.2, 0.25) is 5.75 Å². The van der Waals surface area contributed by atoms with Crippen molar-refractivity contribution in [2.45, 2.75) is 19.6 Å². The number of esters is 1. The first-order chi connectivity index (χ1) is 14.8. The van der Waals surface area contributed by atoms with Gasteiger partial charge < -0.3 is 19.2 Å². The van der Waals surface area contributed by atoms with E-state index < -0.39 is 22.9 Å². The molecule has 1 atom stereocenters. The smallest absolute Gasteiger partial charge is 0.338 e.